The van der Waals surface area contributed by atoms with E-state index in [0.717, 1.165) is 25.7 Å². The van der Waals surface area contributed by atoms with Crippen LogP contribution in [0.15, 0.2) is 0 Å². The molecule has 1 unspecified atom stereocenters. The van der Waals surface area contributed by atoms with Crippen molar-refractivity contribution in [2.45, 2.75) is 45.1 Å². The summed E-state index contributed by atoms with van der Waals surface area (Å²) < 4.78 is 5.32. The predicted octanol–water partition coefficient (Wildman–Crippen LogP) is 1.94. The average Bonchev–Trinajstić information content (AvgIpc) is 2.52. The molecule has 2 aliphatic carbocycles. The van der Waals surface area contributed by atoms with E-state index in [1.165, 1.54) is 0 Å². The lowest BCUT2D eigenvalue weighted by molar-refractivity contribution is -0.144. The number of Topliss-reactive ketones (excluding diaryl/α,β-unsaturated/α-hetero) is 1. The molecule has 0 N–H and O–H groups in total. The number of cyclic esters (lactones) is 1. The first-order valence-electron chi connectivity index (χ1n) is 6.37. The van der Waals surface area contributed by atoms with E-state index < -0.39 is 0 Å². The molecule has 3 heteroatoms. The standard InChI is InChI=1S/C13H18O3/c1-7-11-5-8-2-3-10(14)4-9(8)6-12(11)13(15)16-7/h7-9,11-12H,2-6H2,1H3/t7-,8?,9+,11-,12-/m1/s1. The quantitative estimate of drug-likeness (QED) is 0.588. The Morgan fingerprint density at radius 2 is 2.00 bits per heavy atom. The third kappa shape index (κ3) is 1.48. The number of rotatable bonds is 0. The minimum atomic E-state index is -0.0195. The number of hydrogen-bond donors (Lipinski definition) is 0. The van der Waals surface area contributed by atoms with Gasteiger partial charge in [0, 0.05) is 18.8 Å². The zero-order valence-corrected chi connectivity index (χ0v) is 9.65. The zero-order valence-electron chi connectivity index (χ0n) is 9.65. The van der Waals surface area contributed by atoms with Gasteiger partial charge in [0.1, 0.15) is 11.9 Å². The van der Waals surface area contributed by atoms with Gasteiger partial charge >= 0.3 is 5.97 Å². The second kappa shape index (κ2) is 3.57. The minimum Gasteiger partial charge on any atom is -0.462 e. The molecule has 0 radical (unpaired) electrons. The van der Waals surface area contributed by atoms with Crippen molar-refractivity contribution < 1.29 is 14.3 Å². The molecule has 1 heterocycles. The molecule has 2 saturated carbocycles. The first-order chi connectivity index (χ1) is 7.65. The van der Waals surface area contributed by atoms with E-state index in [1.54, 1.807) is 0 Å². The fourth-order valence-corrected chi connectivity index (χ4v) is 3.89. The lowest BCUT2D eigenvalue weighted by Crippen LogP contribution is -2.37. The van der Waals surface area contributed by atoms with Gasteiger partial charge < -0.3 is 4.74 Å². The first-order valence-corrected chi connectivity index (χ1v) is 6.37. The van der Waals surface area contributed by atoms with Crippen molar-refractivity contribution in [3.8, 4) is 0 Å². The van der Waals surface area contributed by atoms with E-state index in [9.17, 15) is 9.59 Å². The van der Waals surface area contributed by atoms with Gasteiger partial charge in [-0.2, -0.15) is 0 Å². The Kier molecular flexibility index (Phi) is 2.30. The summed E-state index contributed by atoms with van der Waals surface area (Å²) >= 11 is 0. The summed E-state index contributed by atoms with van der Waals surface area (Å²) in [5, 5.41) is 0. The number of ketones is 1. The molecule has 5 atom stereocenters. The summed E-state index contributed by atoms with van der Waals surface area (Å²) in [5.41, 5.74) is 0. The maximum Gasteiger partial charge on any atom is 0.309 e. The highest BCUT2D eigenvalue weighted by atomic mass is 16.6. The molecule has 0 aromatic heterocycles. The van der Waals surface area contributed by atoms with E-state index in [1.807, 2.05) is 6.92 Å². The third-order valence-electron chi connectivity index (χ3n) is 4.81. The van der Waals surface area contributed by atoms with Crippen LogP contribution in [-0.4, -0.2) is 17.9 Å². The summed E-state index contributed by atoms with van der Waals surface area (Å²) in [6.07, 6.45) is 4.57. The van der Waals surface area contributed by atoms with Crippen LogP contribution in [0, 0.1) is 23.7 Å². The van der Waals surface area contributed by atoms with Gasteiger partial charge in [0.15, 0.2) is 0 Å². The highest BCUT2D eigenvalue weighted by Crippen LogP contribution is 2.48. The topological polar surface area (TPSA) is 43.4 Å². The van der Waals surface area contributed by atoms with Crippen molar-refractivity contribution in [2.75, 3.05) is 0 Å². The van der Waals surface area contributed by atoms with Crippen LogP contribution >= 0.6 is 0 Å². The first kappa shape index (κ1) is 10.3. The molecular formula is C13H18O3. The number of carbonyl (C=O) groups is 2. The monoisotopic (exact) mass is 222 g/mol. The van der Waals surface area contributed by atoms with Crippen LogP contribution in [0.5, 0.6) is 0 Å². The van der Waals surface area contributed by atoms with E-state index in [-0.39, 0.29) is 18.0 Å². The largest absolute Gasteiger partial charge is 0.462 e. The van der Waals surface area contributed by atoms with Gasteiger partial charge in [0.2, 0.25) is 0 Å². The molecule has 0 aromatic carbocycles. The SMILES string of the molecule is C[C@H]1OC(=O)[C@@H]2C[C@@H]3CC(=O)CCC3C[C@H]12. The molecule has 1 aliphatic heterocycles. The van der Waals surface area contributed by atoms with Gasteiger partial charge in [-0.05, 0) is 38.0 Å². The van der Waals surface area contributed by atoms with Crippen LogP contribution in [-0.2, 0) is 14.3 Å². The van der Waals surface area contributed by atoms with E-state index >= 15 is 0 Å². The van der Waals surface area contributed by atoms with E-state index in [2.05, 4.69) is 0 Å². The Balaban J connectivity index is 1.79. The summed E-state index contributed by atoms with van der Waals surface area (Å²) in [7, 11) is 0. The van der Waals surface area contributed by atoms with Gasteiger partial charge in [-0.1, -0.05) is 0 Å². The summed E-state index contributed by atoms with van der Waals surface area (Å²) in [6, 6.07) is 0. The fourth-order valence-electron chi connectivity index (χ4n) is 3.89. The van der Waals surface area contributed by atoms with Crippen molar-refractivity contribution in [2.24, 2.45) is 23.7 Å². The van der Waals surface area contributed by atoms with Crippen LogP contribution < -0.4 is 0 Å². The average molecular weight is 222 g/mol. The Bertz CT molecular complexity index is 336. The number of carbonyl (C=O) groups excluding carboxylic acids is 2. The fraction of sp³-hybridized carbons (Fsp3) is 0.846. The molecule has 3 rings (SSSR count). The van der Waals surface area contributed by atoms with Crippen molar-refractivity contribution >= 4 is 11.8 Å². The molecule has 3 fully saturated rings. The summed E-state index contributed by atoms with van der Waals surface area (Å²) in [5.74, 6) is 1.99. The Hall–Kier alpha value is -0.860. The summed E-state index contributed by atoms with van der Waals surface area (Å²) in [6.45, 7) is 2.01. The molecule has 1 saturated heterocycles. The number of esters is 1. The van der Waals surface area contributed by atoms with E-state index in [4.69, 9.17) is 4.74 Å². The van der Waals surface area contributed by atoms with Crippen LogP contribution in [0.1, 0.15) is 39.0 Å². The third-order valence-corrected chi connectivity index (χ3v) is 4.81. The van der Waals surface area contributed by atoms with Crippen LogP contribution in [0.25, 0.3) is 0 Å². The number of ether oxygens (including phenoxy) is 1. The molecule has 88 valence electrons. The molecule has 3 nitrogen and oxygen atoms in total. The molecular weight excluding hydrogens is 204 g/mol. The van der Waals surface area contributed by atoms with E-state index in [0.29, 0.717) is 30.0 Å². The molecule has 0 bridgehead atoms. The molecule has 3 aliphatic rings. The predicted molar refractivity (Wildman–Crippen MR) is 57.6 cm³/mol. The Morgan fingerprint density at radius 1 is 1.19 bits per heavy atom. The lowest BCUT2D eigenvalue weighted by Gasteiger charge is -2.39. The van der Waals surface area contributed by atoms with Crippen LogP contribution in [0.4, 0.5) is 0 Å². The lowest BCUT2D eigenvalue weighted by atomic mass is 9.63. The maximum atomic E-state index is 11.7. The second-order valence-corrected chi connectivity index (χ2v) is 5.69. The van der Waals surface area contributed by atoms with Crippen molar-refractivity contribution in [1.29, 1.82) is 0 Å². The van der Waals surface area contributed by atoms with Gasteiger partial charge in [0.05, 0.1) is 5.92 Å². The number of fused-ring (bicyclic) bond motifs is 2. The van der Waals surface area contributed by atoms with Gasteiger partial charge in [-0.15, -0.1) is 0 Å². The smallest absolute Gasteiger partial charge is 0.309 e. The Labute approximate surface area is 95.5 Å². The summed E-state index contributed by atoms with van der Waals surface area (Å²) in [4.78, 5) is 23.1. The normalized spacial score (nSPS) is 47.2. The molecule has 16 heavy (non-hydrogen) atoms. The second-order valence-electron chi connectivity index (χ2n) is 5.69. The van der Waals surface area contributed by atoms with Crippen molar-refractivity contribution in [3.63, 3.8) is 0 Å². The molecule has 0 spiro atoms. The minimum absolute atomic E-state index is 0.0195. The number of hydrogen-bond acceptors (Lipinski definition) is 3. The van der Waals surface area contributed by atoms with Crippen molar-refractivity contribution in [3.05, 3.63) is 0 Å². The van der Waals surface area contributed by atoms with Crippen LogP contribution in [0.3, 0.4) is 0 Å². The highest BCUT2D eigenvalue weighted by molar-refractivity contribution is 5.80. The van der Waals surface area contributed by atoms with Gasteiger partial charge in [-0.25, -0.2) is 0 Å². The van der Waals surface area contributed by atoms with Crippen LogP contribution in [0.2, 0.25) is 0 Å². The van der Waals surface area contributed by atoms with Gasteiger partial charge in [-0.3, -0.25) is 9.59 Å². The van der Waals surface area contributed by atoms with Gasteiger partial charge in [0.25, 0.3) is 0 Å². The van der Waals surface area contributed by atoms with Crippen molar-refractivity contribution in [1.82, 2.24) is 0 Å². The Morgan fingerprint density at radius 3 is 2.81 bits per heavy atom. The highest BCUT2D eigenvalue weighted by Gasteiger charge is 2.49. The zero-order chi connectivity index (χ0) is 11.3. The molecule has 0 aromatic rings. The molecule has 0 amide bonds. The maximum absolute atomic E-state index is 11.7.